The lowest BCUT2D eigenvalue weighted by Gasteiger charge is -2.22. The molecule has 0 bridgehead atoms. The Morgan fingerprint density at radius 3 is 1.96 bits per heavy atom. The molecule has 0 aliphatic heterocycles. The van der Waals surface area contributed by atoms with Crippen LogP contribution in [-0.4, -0.2) is 38.9 Å². The van der Waals surface area contributed by atoms with E-state index >= 15 is 0 Å². The van der Waals surface area contributed by atoms with Gasteiger partial charge in [0.2, 0.25) is 0 Å². The number of thiophene rings is 1. The molecule has 0 saturated heterocycles. The first-order chi connectivity index (χ1) is 13.0. The zero-order chi connectivity index (χ0) is 19.3. The van der Waals surface area contributed by atoms with Gasteiger partial charge < -0.3 is 14.2 Å². The van der Waals surface area contributed by atoms with Gasteiger partial charge in [0.1, 0.15) is 16.4 Å². The lowest BCUT2D eigenvalue weighted by atomic mass is 9.82. The average molecular weight is 382 g/mol. The predicted octanol–water partition coefficient (Wildman–Crippen LogP) is 3.48. The molecular formula is C20H14O6S. The van der Waals surface area contributed by atoms with Gasteiger partial charge in [-0.15, -0.1) is 11.3 Å². The third-order valence-corrected chi connectivity index (χ3v) is 5.67. The number of hydrogen-bond donors (Lipinski definition) is 0. The molecular weight excluding hydrogens is 368 g/mol. The maximum Gasteiger partial charge on any atom is 0.348 e. The fraction of sp³-hybridized carbons (Fsp3) is 0.150. The third kappa shape index (κ3) is 2.28. The number of esters is 1. The van der Waals surface area contributed by atoms with E-state index in [-0.39, 0.29) is 34.2 Å². The molecule has 3 aromatic rings. The van der Waals surface area contributed by atoms with Gasteiger partial charge in [-0.1, -0.05) is 24.3 Å². The Hall–Kier alpha value is -3.19. The van der Waals surface area contributed by atoms with Gasteiger partial charge in [0.05, 0.1) is 37.2 Å². The predicted molar refractivity (Wildman–Crippen MR) is 99.6 cm³/mol. The van der Waals surface area contributed by atoms with Gasteiger partial charge >= 0.3 is 5.97 Å². The van der Waals surface area contributed by atoms with Gasteiger partial charge in [-0.2, -0.15) is 0 Å². The van der Waals surface area contributed by atoms with E-state index < -0.39 is 5.97 Å². The Kier molecular flexibility index (Phi) is 3.96. The zero-order valence-corrected chi connectivity index (χ0v) is 15.6. The van der Waals surface area contributed by atoms with Crippen molar-refractivity contribution >= 4 is 39.0 Å². The van der Waals surface area contributed by atoms with Crippen molar-refractivity contribution in [2.45, 2.75) is 0 Å². The average Bonchev–Trinajstić information content (AvgIpc) is 3.14. The fourth-order valence-corrected chi connectivity index (χ4v) is 4.50. The number of carbonyl (C=O) groups is 3. The van der Waals surface area contributed by atoms with Crippen LogP contribution in [0.15, 0.2) is 30.3 Å². The van der Waals surface area contributed by atoms with Gasteiger partial charge in [-0.3, -0.25) is 9.59 Å². The summed E-state index contributed by atoms with van der Waals surface area (Å²) < 4.78 is 16.4. The molecule has 136 valence electrons. The first-order valence-electron chi connectivity index (χ1n) is 8.01. The van der Waals surface area contributed by atoms with Crippen LogP contribution in [0.4, 0.5) is 0 Å². The number of carbonyl (C=O) groups excluding carboxylic acids is 3. The standard InChI is InChI=1S/C20H14O6S/c1-24-17-11-8-12(20(23)26-3)27-19(11)18(25-2)14-13(17)15(21)9-6-4-5-7-10(9)16(14)22/h4-8H,1-3H3. The highest BCUT2D eigenvalue weighted by Gasteiger charge is 2.37. The highest BCUT2D eigenvalue weighted by molar-refractivity contribution is 7.21. The smallest absolute Gasteiger partial charge is 0.348 e. The van der Waals surface area contributed by atoms with Crippen molar-refractivity contribution in [2.75, 3.05) is 21.3 Å². The second-order valence-electron chi connectivity index (χ2n) is 5.87. The molecule has 0 N–H and O–H groups in total. The highest BCUT2D eigenvalue weighted by atomic mass is 32.1. The van der Waals surface area contributed by atoms with Crippen molar-refractivity contribution in [3.8, 4) is 11.5 Å². The van der Waals surface area contributed by atoms with Gasteiger partial charge in [0, 0.05) is 16.5 Å². The summed E-state index contributed by atoms with van der Waals surface area (Å²) in [5, 5.41) is 0.527. The van der Waals surface area contributed by atoms with Crippen LogP contribution in [0, 0.1) is 0 Å². The number of methoxy groups -OCH3 is 3. The van der Waals surface area contributed by atoms with Crippen LogP contribution >= 0.6 is 11.3 Å². The first-order valence-corrected chi connectivity index (χ1v) is 8.83. The molecule has 0 spiro atoms. The molecule has 2 aromatic carbocycles. The van der Waals surface area contributed by atoms with Crippen LogP contribution in [0.1, 0.15) is 41.5 Å². The molecule has 1 aliphatic carbocycles. The Balaban J connectivity index is 2.15. The van der Waals surface area contributed by atoms with E-state index in [1.807, 2.05) is 0 Å². The van der Waals surface area contributed by atoms with Crippen LogP contribution in [0.3, 0.4) is 0 Å². The summed E-state index contributed by atoms with van der Waals surface area (Å²) in [5.74, 6) is -0.638. The summed E-state index contributed by atoms with van der Waals surface area (Å²) in [5.41, 5.74) is 0.946. The molecule has 7 heteroatoms. The molecule has 1 aromatic heterocycles. The summed E-state index contributed by atoms with van der Waals surface area (Å²) in [6, 6.07) is 8.23. The number of ketones is 2. The number of benzene rings is 2. The third-order valence-electron chi connectivity index (χ3n) is 4.55. The SMILES string of the molecule is COC(=O)c1cc2c(OC)c3c(c(OC)c2s1)C(=O)c1ccccc1C3=O. The Labute approximate surface area is 158 Å². The highest BCUT2D eigenvalue weighted by Crippen LogP contribution is 2.48. The lowest BCUT2D eigenvalue weighted by Crippen LogP contribution is -2.22. The van der Waals surface area contributed by atoms with Gasteiger partial charge in [0.15, 0.2) is 11.6 Å². The minimum Gasteiger partial charge on any atom is -0.495 e. The van der Waals surface area contributed by atoms with Crippen molar-refractivity contribution in [1.82, 2.24) is 0 Å². The molecule has 0 atom stereocenters. The fourth-order valence-electron chi connectivity index (χ4n) is 3.39. The Morgan fingerprint density at radius 2 is 1.44 bits per heavy atom. The maximum atomic E-state index is 13.2. The minimum absolute atomic E-state index is 0.153. The summed E-state index contributed by atoms with van der Waals surface area (Å²) in [6.45, 7) is 0. The van der Waals surface area contributed by atoms with Crippen LogP contribution in [0.25, 0.3) is 10.1 Å². The van der Waals surface area contributed by atoms with Gasteiger partial charge in [-0.05, 0) is 6.07 Å². The van der Waals surface area contributed by atoms with E-state index in [1.54, 1.807) is 30.3 Å². The number of hydrogen-bond acceptors (Lipinski definition) is 7. The lowest BCUT2D eigenvalue weighted by molar-refractivity contribution is 0.0606. The van der Waals surface area contributed by atoms with E-state index in [1.165, 1.54) is 21.3 Å². The number of fused-ring (bicyclic) bond motifs is 3. The van der Waals surface area contributed by atoms with Crippen LogP contribution in [-0.2, 0) is 4.74 Å². The summed E-state index contributed by atoms with van der Waals surface area (Å²) in [7, 11) is 4.14. The van der Waals surface area contributed by atoms with Crippen molar-refractivity contribution in [3.05, 3.63) is 57.5 Å². The van der Waals surface area contributed by atoms with E-state index in [4.69, 9.17) is 14.2 Å². The molecule has 0 fully saturated rings. The van der Waals surface area contributed by atoms with Crippen LogP contribution in [0.2, 0.25) is 0 Å². The molecule has 6 nitrogen and oxygen atoms in total. The molecule has 1 heterocycles. The van der Waals surface area contributed by atoms with E-state index in [0.717, 1.165) is 11.3 Å². The zero-order valence-electron chi connectivity index (χ0n) is 14.7. The second-order valence-corrected chi connectivity index (χ2v) is 6.92. The summed E-state index contributed by atoms with van der Waals surface area (Å²) in [4.78, 5) is 38.6. The molecule has 1 aliphatic rings. The molecule has 0 radical (unpaired) electrons. The number of ether oxygens (including phenoxy) is 3. The Bertz CT molecular complexity index is 1060. The minimum atomic E-state index is -0.515. The summed E-state index contributed by atoms with van der Waals surface area (Å²) in [6.07, 6.45) is 0. The monoisotopic (exact) mass is 382 g/mol. The molecule has 0 saturated carbocycles. The topological polar surface area (TPSA) is 78.9 Å². The van der Waals surface area contributed by atoms with Gasteiger partial charge in [0.25, 0.3) is 0 Å². The van der Waals surface area contributed by atoms with Crippen molar-refractivity contribution in [1.29, 1.82) is 0 Å². The first kappa shape index (κ1) is 17.2. The number of rotatable bonds is 3. The quantitative estimate of drug-likeness (QED) is 0.505. The molecule has 0 amide bonds. The second kappa shape index (κ2) is 6.21. The van der Waals surface area contributed by atoms with Crippen molar-refractivity contribution in [3.63, 3.8) is 0 Å². The molecule has 27 heavy (non-hydrogen) atoms. The van der Waals surface area contributed by atoms with E-state index in [9.17, 15) is 14.4 Å². The molecule has 4 rings (SSSR count). The van der Waals surface area contributed by atoms with E-state index in [2.05, 4.69) is 0 Å². The Morgan fingerprint density at radius 1 is 0.889 bits per heavy atom. The van der Waals surface area contributed by atoms with Crippen molar-refractivity contribution in [2.24, 2.45) is 0 Å². The van der Waals surface area contributed by atoms with Gasteiger partial charge in [-0.25, -0.2) is 4.79 Å². The maximum absolute atomic E-state index is 13.2. The van der Waals surface area contributed by atoms with Crippen LogP contribution < -0.4 is 9.47 Å². The van der Waals surface area contributed by atoms with E-state index in [0.29, 0.717) is 26.1 Å². The normalized spacial score (nSPS) is 12.6. The molecule has 0 unspecified atom stereocenters. The largest absolute Gasteiger partial charge is 0.495 e. The van der Waals surface area contributed by atoms with Crippen LogP contribution in [0.5, 0.6) is 11.5 Å². The summed E-state index contributed by atoms with van der Waals surface area (Å²) >= 11 is 1.13. The van der Waals surface area contributed by atoms with Crippen molar-refractivity contribution < 1.29 is 28.6 Å².